The SMILES string of the molecule is CCOC(=O)/C=C/C(=O)NC1CC1. The molecule has 0 atom stereocenters. The lowest BCUT2D eigenvalue weighted by atomic mass is 10.4. The second-order valence-electron chi connectivity index (χ2n) is 2.87. The Bertz CT molecular complexity index is 231. The Morgan fingerprint density at radius 2 is 2.15 bits per heavy atom. The highest BCUT2D eigenvalue weighted by Crippen LogP contribution is 2.18. The number of esters is 1. The van der Waals surface area contributed by atoms with E-state index in [0.717, 1.165) is 18.9 Å². The van der Waals surface area contributed by atoms with Crippen LogP contribution in [0.3, 0.4) is 0 Å². The van der Waals surface area contributed by atoms with Crippen LogP contribution in [-0.4, -0.2) is 24.5 Å². The number of nitrogens with one attached hydrogen (secondary N) is 1. The molecule has 1 amide bonds. The van der Waals surface area contributed by atoms with Crippen LogP contribution in [0.25, 0.3) is 0 Å². The smallest absolute Gasteiger partial charge is 0.330 e. The quantitative estimate of drug-likeness (QED) is 0.506. The summed E-state index contributed by atoms with van der Waals surface area (Å²) in [6.45, 7) is 2.05. The Labute approximate surface area is 76.9 Å². The van der Waals surface area contributed by atoms with Gasteiger partial charge in [-0.15, -0.1) is 0 Å². The van der Waals surface area contributed by atoms with Crippen LogP contribution in [0.15, 0.2) is 12.2 Å². The normalized spacial score (nSPS) is 15.8. The fourth-order valence-corrected chi connectivity index (χ4v) is 0.811. The van der Waals surface area contributed by atoms with E-state index in [9.17, 15) is 9.59 Å². The monoisotopic (exact) mass is 183 g/mol. The number of amides is 1. The summed E-state index contributed by atoms with van der Waals surface area (Å²) in [5.74, 6) is -0.705. The predicted molar refractivity (Wildman–Crippen MR) is 46.9 cm³/mol. The first-order valence-corrected chi connectivity index (χ1v) is 4.37. The molecule has 0 heterocycles. The molecule has 13 heavy (non-hydrogen) atoms. The van der Waals surface area contributed by atoms with Crippen molar-refractivity contribution in [2.24, 2.45) is 0 Å². The number of hydrogen-bond donors (Lipinski definition) is 1. The molecule has 72 valence electrons. The van der Waals surface area contributed by atoms with Gasteiger partial charge in [0.2, 0.25) is 5.91 Å². The predicted octanol–water partition coefficient (Wildman–Crippen LogP) is 0.384. The lowest BCUT2D eigenvalue weighted by Gasteiger charge is -1.96. The average Bonchev–Trinajstić information content (AvgIpc) is 2.85. The number of ether oxygens (including phenoxy) is 1. The minimum absolute atomic E-state index is 0.226. The van der Waals surface area contributed by atoms with Gasteiger partial charge in [0, 0.05) is 18.2 Å². The van der Waals surface area contributed by atoms with Gasteiger partial charge >= 0.3 is 5.97 Å². The van der Waals surface area contributed by atoms with E-state index >= 15 is 0 Å². The van der Waals surface area contributed by atoms with Crippen molar-refractivity contribution >= 4 is 11.9 Å². The van der Waals surface area contributed by atoms with Crippen molar-refractivity contribution in [2.45, 2.75) is 25.8 Å². The summed E-state index contributed by atoms with van der Waals surface area (Å²) in [4.78, 5) is 21.8. The molecular weight excluding hydrogens is 170 g/mol. The number of rotatable bonds is 4. The molecule has 0 aromatic heterocycles. The molecule has 0 bridgehead atoms. The molecule has 4 nitrogen and oxygen atoms in total. The Balaban J connectivity index is 2.20. The van der Waals surface area contributed by atoms with E-state index in [4.69, 9.17) is 0 Å². The standard InChI is InChI=1S/C9H13NO3/c1-2-13-9(12)6-5-8(11)10-7-3-4-7/h5-7H,2-4H2,1H3,(H,10,11)/b6-5+. The first kappa shape index (κ1) is 9.77. The maximum absolute atomic E-state index is 11.0. The van der Waals surface area contributed by atoms with E-state index in [0.29, 0.717) is 12.6 Å². The average molecular weight is 183 g/mol. The second kappa shape index (κ2) is 4.64. The zero-order valence-corrected chi connectivity index (χ0v) is 7.58. The molecule has 1 N–H and O–H groups in total. The second-order valence-corrected chi connectivity index (χ2v) is 2.87. The lowest BCUT2D eigenvalue weighted by Crippen LogP contribution is -2.23. The van der Waals surface area contributed by atoms with E-state index < -0.39 is 5.97 Å². The fourth-order valence-electron chi connectivity index (χ4n) is 0.811. The molecule has 4 heteroatoms. The maximum atomic E-state index is 11.0. The van der Waals surface area contributed by atoms with Crippen LogP contribution in [0, 0.1) is 0 Å². The van der Waals surface area contributed by atoms with Gasteiger partial charge in [-0.05, 0) is 19.8 Å². The van der Waals surface area contributed by atoms with E-state index in [2.05, 4.69) is 10.1 Å². The van der Waals surface area contributed by atoms with Gasteiger partial charge in [-0.2, -0.15) is 0 Å². The summed E-state index contributed by atoms with van der Waals surface area (Å²) in [7, 11) is 0. The minimum atomic E-state index is -0.478. The highest BCUT2D eigenvalue weighted by atomic mass is 16.5. The Morgan fingerprint density at radius 3 is 2.69 bits per heavy atom. The molecule has 1 rings (SSSR count). The first-order valence-electron chi connectivity index (χ1n) is 4.37. The van der Waals surface area contributed by atoms with Gasteiger partial charge in [0.25, 0.3) is 0 Å². The molecule has 0 aromatic rings. The molecule has 1 aliphatic carbocycles. The third-order valence-corrected chi connectivity index (χ3v) is 1.58. The third-order valence-electron chi connectivity index (χ3n) is 1.58. The lowest BCUT2D eigenvalue weighted by molar-refractivity contribution is -0.137. The van der Waals surface area contributed by atoms with Gasteiger partial charge in [0.15, 0.2) is 0 Å². The fraction of sp³-hybridized carbons (Fsp3) is 0.556. The van der Waals surface area contributed by atoms with Crippen LogP contribution in [0.4, 0.5) is 0 Å². The van der Waals surface area contributed by atoms with Gasteiger partial charge < -0.3 is 10.1 Å². The van der Waals surface area contributed by atoms with Gasteiger partial charge in [-0.3, -0.25) is 4.79 Å². The number of carbonyl (C=O) groups excluding carboxylic acids is 2. The Morgan fingerprint density at radius 1 is 1.46 bits per heavy atom. The van der Waals surface area contributed by atoms with E-state index in [1.54, 1.807) is 6.92 Å². The third kappa shape index (κ3) is 4.30. The highest BCUT2D eigenvalue weighted by Gasteiger charge is 2.22. The van der Waals surface area contributed by atoms with Crippen molar-refractivity contribution in [1.82, 2.24) is 5.32 Å². The summed E-state index contributed by atoms with van der Waals surface area (Å²) in [5.41, 5.74) is 0. The molecule has 1 aliphatic rings. The molecule has 0 saturated heterocycles. The van der Waals surface area contributed by atoms with E-state index in [-0.39, 0.29) is 5.91 Å². The summed E-state index contributed by atoms with van der Waals surface area (Å²) < 4.78 is 4.61. The summed E-state index contributed by atoms with van der Waals surface area (Å²) in [5, 5.41) is 2.72. The Kier molecular flexibility index (Phi) is 3.49. The van der Waals surface area contributed by atoms with Crippen LogP contribution >= 0.6 is 0 Å². The molecule has 1 fully saturated rings. The van der Waals surface area contributed by atoms with Crippen LogP contribution in [0.2, 0.25) is 0 Å². The molecule has 0 spiro atoms. The molecule has 0 radical (unpaired) electrons. The number of carbonyl (C=O) groups is 2. The summed E-state index contributed by atoms with van der Waals surface area (Å²) in [6.07, 6.45) is 4.43. The van der Waals surface area contributed by atoms with Crippen molar-refractivity contribution in [3.8, 4) is 0 Å². The Hall–Kier alpha value is -1.32. The molecule has 0 aliphatic heterocycles. The molecule has 0 unspecified atom stereocenters. The summed E-state index contributed by atoms with van der Waals surface area (Å²) >= 11 is 0. The van der Waals surface area contributed by atoms with Crippen molar-refractivity contribution in [1.29, 1.82) is 0 Å². The molecule has 0 aromatic carbocycles. The van der Waals surface area contributed by atoms with Crippen molar-refractivity contribution < 1.29 is 14.3 Å². The van der Waals surface area contributed by atoms with Gasteiger partial charge in [0.1, 0.15) is 0 Å². The highest BCUT2D eigenvalue weighted by molar-refractivity contribution is 5.94. The summed E-state index contributed by atoms with van der Waals surface area (Å²) in [6, 6.07) is 0.319. The largest absolute Gasteiger partial charge is 0.463 e. The topological polar surface area (TPSA) is 55.4 Å². The zero-order chi connectivity index (χ0) is 9.68. The van der Waals surface area contributed by atoms with Crippen molar-refractivity contribution in [3.63, 3.8) is 0 Å². The first-order chi connectivity index (χ1) is 6.22. The van der Waals surface area contributed by atoms with Crippen LogP contribution in [0.1, 0.15) is 19.8 Å². The van der Waals surface area contributed by atoms with Crippen LogP contribution < -0.4 is 5.32 Å². The van der Waals surface area contributed by atoms with E-state index in [1.165, 1.54) is 6.08 Å². The van der Waals surface area contributed by atoms with Gasteiger partial charge in [-0.25, -0.2) is 4.79 Å². The van der Waals surface area contributed by atoms with Gasteiger partial charge in [-0.1, -0.05) is 0 Å². The maximum Gasteiger partial charge on any atom is 0.330 e. The van der Waals surface area contributed by atoms with Crippen LogP contribution in [-0.2, 0) is 14.3 Å². The number of hydrogen-bond acceptors (Lipinski definition) is 3. The van der Waals surface area contributed by atoms with Crippen molar-refractivity contribution in [2.75, 3.05) is 6.61 Å². The van der Waals surface area contributed by atoms with E-state index in [1.807, 2.05) is 0 Å². The van der Waals surface area contributed by atoms with Crippen LogP contribution in [0.5, 0.6) is 0 Å². The van der Waals surface area contributed by atoms with Crippen molar-refractivity contribution in [3.05, 3.63) is 12.2 Å². The molecular formula is C9H13NO3. The minimum Gasteiger partial charge on any atom is -0.463 e. The zero-order valence-electron chi connectivity index (χ0n) is 7.58. The van der Waals surface area contributed by atoms with Gasteiger partial charge in [0.05, 0.1) is 6.61 Å². The molecule has 1 saturated carbocycles.